The van der Waals surface area contributed by atoms with Crippen LogP contribution >= 0.6 is 11.3 Å². The smallest absolute Gasteiger partial charge is 0.248 e. The monoisotopic (exact) mass is 365 g/mol. The molecule has 132 valence electrons. The first kappa shape index (κ1) is 16.5. The van der Waals surface area contributed by atoms with E-state index in [0.29, 0.717) is 5.13 Å². The third-order valence-electron chi connectivity index (χ3n) is 4.74. The lowest BCUT2D eigenvalue weighted by Gasteiger charge is -2.11. The van der Waals surface area contributed by atoms with Gasteiger partial charge in [-0.25, -0.2) is 9.97 Å². The molecule has 1 N–H and O–H groups in total. The number of thiazole rings is 1. The van der Waals surface area contributed by atoms with Crippen LogP contribution in [0.3, 0.4) is 0 Å². The van der Waals surface area contributed by atoms with Gasteiger partial charge in [0, 0.05) is 47.0 Å². The number of amides is 1. The fraction of sp³-hybridized carbons (Fsp3) is 0.211. The normalized spacial score (nSPS) is 12.4. The van der Waals surface area contributed by atoms with Gasteiger partial charge in [-0.2, -0.15) is 0 Å². The van der Waals surface area contributed by atoms with Crippen molar-refractivity contribution in [2.45, 2.75) is 19.9 Å². The number of imidazole rings is 1. The third-order valence-corrected chi connectivity index (χ3v) is 5.50. The number of carbonyl (C=O) groups is 1. The van der Waals surface area contributed by atoms with E-state index in [9.17, 15) is 4.79 Å². The van der Waals surface area contributed by atoms with Crippen LogP contribution in [0.25, 0.3) is 22.2 Å². The fourth-order valence-electron chi connectivity index (χ4n) is 3.13. The van der Waals surface area contributed by atoms with Crippen molar-refractivity contribution in [3.05, 3.63) is 54.1 Å². The zero-order valence-corrected chi connectivity index (χ0v) is 15.6. The Morgan fingerprint density at radius 2 is 2.12 bits per heavy atom. The molecule has 0 bridgehead atoms. The van der Waals surface area contributed by atoms with E-state index < -0.39 is 0 Å². The number of fused-ring (bicyclic) bond motifs is 1. The molecule has 6 nitrogen and oxygen atoms in total. The maximum absolute atomic E-state index is 12.4. The van der Waals surface area contributed by atoms with Crippen molar-refractivity contribution >= 4 is 33.3 Å². The number of rotatable bonds is 4. The maximum Gasteiger partial charge on any atom is 0.248 e. The minimum absolute atomic E-state index is 0.112. The van der Waals surface area contributed by atoms with E-state index in [2.05, 4.69) is 46.0 Å². The summed E-state index contributed by atoms with van der Waals surface area (Å²) in [7, 11) is 2.06. The molecule has 1 unspecified atom stereocenters. The summed E-state index contributed by atoms with van der Waals surface area (Å²) in [5, 5.41) is 6.67. The number of nitrogens with zero attached hydrogens (tertiary/aromatic N) is 4. The highest BCUT2D eigenvalue weighted by Gasteiger charge is 2.19. The van der Waals surface area contributed by atoms with Gasteiger partial charge in [-0.3, -0.25) is 4.79 Å². The van der Waals surface area contributed by atoms with Crippen LogP contribution in [-0.2, 0) is 11.8 Å². The molecule has 1 atom stereocenters. The Hall–Kier alpha value is -2.93. The van der Waals surface area contributed by atoms with Crippen LogP contribution < -0.4 is 5.32 Å². The van der Waals surface area contributed by atoms with Gasteiger partial charge in [0.05, 0.1) is 12.0 Å². The Morgan fingerprint density at radius 3 is 2.88 bits per heavy atom. The molecule has 26 heavy (non-hydrogen) atoms. The number of aryl methyl sites for hydroxylation is 1. The largest absolute Gasteiger partial charge is 0.347 e. The topological polar surface area (TPSA) is 64.7 Å². The summed E-state index contributed by atoms with van der Waals surface area (Å²) in [6.07, 6.45) is 5.07. The Balaban J connectivity index is 1.63. The minimum atomic E-state index is -0.343. The summed E-state index contributed by atoms with van der Waals surface area (Å²) in [5.41, 5.74) is 4.32. The number of anilines is 1. The lowest BCUT2D eigenvalue weighted by Crippen LogP contribution is -2.22. The molecule has 7 heteroatoms. The van der Waals surface area contributed by atoms with E-state index in [0.717, 1.165) is 17.0 Å². The standard InChI is InChI=1S/C19H19N5OS/c1-12-17(14-6-4-5-7-16(14)23(12)3)15-10-26-19(21-15)22-18(25)13(2)24-9-8-20-11-24/h4-11,13H,1-3H3,(H,21,22,25). The van der Waals surface area contributed by atoms with Crippen LogP contribution in [-0.4, -0.2) is 25.0 Å². The van der Waals surface area contributed by atoms with E-state index in [1.165, 1.54) is 22.2 Å². The first-order valence-corrected chi connectivity index (χ1v) is 9.22. The van der Waals surface area contributed by atoms with Crippen LogP contribution in [0.1, 0.15) is 18.7 Å². The number of benzene rings is 1. The van der Waals surface area contributed by atoms with Crippen LogP contribution in [0, 0.1) is 6.92 Å². The highest BCUT2D eigenvalue weighted by molar-refractivity contribution is 7.14. The number of para-hydroxylation sites is 1. The number of aromatic nitrogens is 4. The minimum Gasteiger partial charge on any atom is -0.347 e. The predicted octanol–water partition coefficient (Wildman–Crippen LogP) is 4.01. The van der Waals surface area contributed by atoms with E-state index in [1.54, 1.807) is 23.3 Å². The van der Waals surface area contributed by atoms with Crippen LogP contribution in [0.4, 0.5) is 5.13 Å². The summed E-state index contributed by atoms with van der Waals surface area (Å²) >= 11 is 1.44. The van der Waals surface area contributed by atoms with Crippen molar-refractivity contribution in [2.24, 2.45) is 7.05 Å². The van der Waals surface area contributed by atoms with Gasteiger partial charge < -0.3 is 14.5 Å². The highest BCUT2D eigenvalue weighted by atomic mass is 32.1. The quantitative estimate of drug-likeness (QED) is 0.594. The molecular formula is C19H19N5OS. The van der Waals surface area contributed by atoms with Crippen molar-refractivity contribution < 1.29 is 4.79 Å². The predicted molar refractivity (Wildman–Crippen MR) is 104 cm³/mol. The number of hydrogen-bond acceptors (Lipinski definition) is 4. The summed E-state index contributed by atoms with van der Waals surface area (Å²) < 4.78 is 3.93. The first-order valence-electron chi connectivity index (χ1n) is 8.34. The van der Waals surface area contributed by atoms with Gasteiger partial charge in [0.2, 0.25) is 5.91 Å². The van der Waals surface area contributed by atoms with Crippen molar-refractivity contribution in [1.29, 1.82) is 0 Å². The molecule has 0 radical (unpaired) electrons. The molecule has 1 aromatic carbocycles. The molecule has 0 fully saturated rings. The zero-order chi connectivity index (χ0) is 18.3. The van der Waals surface area contributed by atoms with Gasteiger partial charge in [0.1, 0.15) is 6.04 Å². The lowest BCUT2D eigenvalue weighted by molar-refractivity contribution is -0.118. The van der Waals surface area contributed by atoms with Crippen molar-refractivity contribution in [3.63, 3.8) is 0 Å². The number of hydrogen-bond donors (Lipinski definition) is 1. The molecule has 3 aromatic heterocycles. The van der Waals surface area contributed by atoms with Gasteiger partial charge in [-0.15, -0.1) is 11.3 Å². The average Bonchev–Trinajstić information content (AvgIpc) is 3.37. The van der Waals surface area contributed by atoms with Crippen molar-refractivity contribution in [2.75, 3.05) is 5.32 Å². The van der Waals surface area contributed by atoms with E-state index in [-0.39, 0.29) is 11.9 Å². The van der Waals surface area contributed by atoms with Crippen LogP contribution in [0.2, 0.25) is 0 Å². The van der Waals surface area contributed by atoms with Gasteiger partial charge >= 0.3 is 0 Å². The summed E-state index contributed by atoms with van der Waals surface area (Å²) in [6, 6.07) is 7.94. The van der Waals surface area contributed by atoms with E-state index in [4.69, 9.17) is 0 Å². The fourth-order valence-corrected chi connectivity index (χ4v) is 3.84. The lowest BCUT2D eigenvalue weighted by atomic mass is 10.1. The van der Waals surface area contributed by atoms with E-state index >= 15 is 0 Å². The second kappa shape index (κ2) is 6.42. The molecular weight excluding hydrogens is 346 g/mol. The maximum atomic E-state index is 12.4. The molecule has 0 spiro atoms. The zero-order valence-electron chi connectivity index (χ0n) is 14.8. The van der Waals surface area contributed by atoms with Gasteiger partial charge in [-0.05, 0) is 19.9 Å². The van der Waals surface area contributed by atoms with Crippen molar-refractivity contribution in [3.8, 4) is 11.3 Å². The molecule has 0 aliphatic rings. The molecule has 4 rings (SSSR count). The van der Waals surface area contributed by atoms with Gasteiger partial charge in [-0.1, -0.05) is 18.2 Å². The summed E-state index contributed by atoms with van der Waals surface area (Å²) in [4.78, 5) is 21.1. The Morgan fingerprint density at radius 1 is 1.31 bits per heavy atom. The molecule has 0 aliphatic heterocycles. The summed E-state index contributed by atoms with van der Waals surface area (Å²) in [5.74, 6) is -0.112. The van der Waals surface area contributed by atoms with Crippen LogP contribution in [0.5, 0.6) is 0 Å². The molecule has 1 amide bonds. The Labute approximate surface area is 155 Å². The first-order chi connectivity index (χ1) is 12.6. The Kier molecular flexibility index (Phi) is 4.08. The van der Waals surface area contributed by atoms with Gasteiger partial charge in [0.25, 0.3) is 0 Å². The van der Waals surface area contributed by atoms with Crippen LogP contribution in [0.15, 0.2) is 48.4 Å². The second-order valence-electron chi connectivity index (χ2n) is 6.25. The van der Waals surface area contributed by atoms with Crippen molar-refractivity contribution in [1.82, 2.24) is 19.1 Å². The number of carbonyl (C=O) groups excluding carboxylic acids is 1. The molecule has 0 saturated carbocycles. The highest BCUT2D eigenvalue weighted by Crippen LogP contribution is 2.35. The van der Waals surface area contributed by atoms with E-state index in [1.807, 2.05) is 24.4 Å². The number of nitrogens with one attached hydrogen (secondary N) is 1. The second-order valence-corrected chi connectivity index (χ2v) is 7.11. The SMILES string of the molecule is Cc1c(-c2csc(NC(=O)C(C)n3ccnc3)n2)c2ccccc2n1C. The molecule has 4 aromatic rings. The molecule has 0 saturated heterocycles. The molecule has 0 aliphatic carbocycles. The summed E-state index contributed by atoms with van der Waals surface area (Å²) in [6.45, 7) is 3.93. The third kappa shape index (κ3) is 2.70. The van der Waals surface area contributed by atoms with Gasteiger partial charge in [0.15, 0.2) is 5.13 Å². The Bertz CT molecular complexity index is 1080. The molecule has 3 heterocycles. The average molecular weight is 365 g/mol.